The SMILES string of the molecule is CC(C)C(NC(=O)[C@@]1(C(=O)[C@@H](N)C(C)(C)C(=O)COc2ccc(C(N)=O)cc2)CCCN1)C(O)C(F)(F)F. The average molecular weight is 545 g/mol. The molecule has 0 aliphatic carbocycles. The van der Waals surface area contributed by atoms with Crippen molar-refractivity contribution in [3.05, 3.63) is 29.8 Å². The number of hydrogen-bond acceptors (Lipinski definition) is 8. The first-order valence-electron chi connectivity index (χ1n) is 12.1. The molecule has 7 N–H and O–H groups in total. The Morgan fingerprint density at radius 3 is 2.18 bits per heavy atom. The molecule has 0 bridgehead atoms. The van der Waals surface area contributed by atoms with E-state index in [1.165, 1.54) is 52.0 Å². The van der Waals surface area contributed by atoms with Gasteiger partial charge in [0, 0.05) is 11.0 Å². The molecule has 2 rings (SSSR count). The highest BCUT2D eigenvalue weighted by molar-refractivity contribution is 6.14. The van der Waals surface area contributed by atoms with Gasteiger partial charge in [0.2, 0.25) is 11.8 Å². The third-order valence-electron chi connectivity index (χ3n) is 6.94. The van der Waals surface area contributed by atoms with E-state index >= 15 is 0 Å². The number of aliphatic hydroxyl groups excluding tert-OH is 1. The summed E-state index contributed by atoms with van der Waals surface area (Å²) in [4.78, 5) is 51.0. The summed E-state index contributed by atoms with van der Waals surface area (Å²) in [6.45, 7) is 5.34. The van der Waals surface area contributed by atoms with Gasteiger partial charge in [0.15, 0.2) is 23.2 Å². The molecule has 1 heterocycles. The summed E-state index contributed by atoms with van der Waals surface area (Å²) in [7, 11) is 0. The van der Waals surface area contributed by atoms with Crippen LogP contribution in [0.5, 0.6) is 5.75 Å². The number of rotatable bonds is 12. The van der Waals surface area contributed by atoms with Gasteiger partial charge in [-0.3, -0.25) is 24.5 Å². The zero-order valence-corrected chi connectivity index (χ0v) is 21.7. The fourth-order valence-electron chi connectivity index (χ4n) is 4.17. The second kappa shape index (κ2) is 11.8. The number of halogens is 3. The number of ketones is 2. The van der Waals surface area contributed by atoms with Crippen LogP contribution in [0, 0.1) is 11.3 Å². The number of primary amides is 1. The lowest BCUT2D eigenvalue weighted by Crippen LogP contribution is -2.68. The van der Waals surface area contributed by atoms with Crippen molar-refractivity contribution in [2.75, 3.05) is 13.2 Å². The maximum Gasteiger partial charge on any atom is 0.416 e. The molecule has 0 radical (unpaired) electrons. The van der Waals surface area contributed by atoms with Crippen LogP contribution in [0.15, 0.2) is 24.3 Å². The highest BCUT2D eigenvalue weighted by Gasteiger charge is 2.55. The molecule has 1 fully saturated rings. The summed E-state index contributed by atoms with van der Waals surface area (Å²) in [6.07, 6.45) is -7.53. The Morgan fingerprint density at radius 2 is 1.74 bits per heavy atom. The van der Waals surface area contributed by atoms with Gasteiger partial charge < -0.3 is 26.6 Å². The molecule has 10 nitrogen and oxygen atoms in total. The summed E-state index contributed by atoms with van der Waals surface area (Å²) >= 11 is 0. The van der Waals surface area contributed by atoms with E-state index in [-0.39, 0.29) is 24.3 Å². The fourth-order valence-corrected chi connectivity index (χ4v) is 4.17. The van der Waals surface area contributed by atoms with E-state index in [2.05, 4.69) is 10.6 Å². The molecule has 2 unspecified atom stereocenters. The van der Waals surface area contributed by atoms with Gasteiger partial charge >= 0.3 is 6.18 Å². The Balaban J connectivity index is 2.20. The van der Waals surface area contributed by atoms with E-state index in [1.807, 2.05) is 0 Å². The van der Waals surface area contributed by atoms with E-state index in [0.29, 0.717) is 6.42 Å². The summed E-state index contributed by atoms with van der Waals surface area (Å²) in [5.74, 6) is -3.67. The number of hydrogen-bond donors (Lipinski definition) is 5. The standard InChI is InChI=1S/C25H35F3N4O6/c1-13(2)17(19(34)25(26,27)28)32-22(37)24(10-5-11-31-24)20(35)18(29)23(3,4)16(33)12-38-15-8-6-14(7-9-15)21(30)36/h6-9,13,17-19,31,34H,5,10-12,29H2,1-4H3,(H2,30,36)(H,32,37)/t17?,18-,19?,24+/m1/s1. The van der Waals surface area contributed by atoms with Gasteiger partial charge in [-0.2, -0.15) is 13.2 Å². The lowest BCUT2D eigenvalue weighted by atomic mass is 9.73. The second-order valence-electron chi connectivity index (χ2n) is 10.3. The summed E-state index contributed by atoms with van der Waals surface area (Å²) < 4.78 is 45.0. The van der Waals surface area contributed by atoms with Crippen LogP contribution < -0.4 is 26.8 Å². The number of carbonyl (C=O) groups is 4. The van der Waals surface area contributed by atoms with Crippen molar-refractivity contribution in [3.8, 4) is 5.75 Å². The second-order valence-corrected chi connectivity index (χ2v) is 10.3. The Kier molecular flexibility index (Phi) is 9.67. The van der Waals surface area contributed by atoms with Gasteiger partial charge in [-0.1, -0.05) is 27.7 Å². The third-order valence-corrected chi connectivity index (χ3v) is 6.94. The van der Waals surface area contributed by atoms with Crippen LogP contribution in [-0.2, 0) is 14.4 Å². The molecule has 1 aromatic rings. The highest BCUT2D eigenvalue weighted by Crippen LogP contribution is 2.31. The van der Waals surface area contributed by atoms with Crippen LogP contribution in [0.25, 0.3) is 0 Å². The van der Waals surface area contributed by atoms with Crippen molar-refractivity contribution < 1.29 is 42.2 Å². The quantitative estimate of drug-likeness (QED) is 0.241. The van der Waals surface area contributed by atoms with Gasteiger partial charge in [0.25, 0.3) is 0 Å². The predicted octanol–water partition coefficient (Wildman–Crippen LogP) is 0.842. The minimum absolute atomic E-state index is 0.0503. The van der Waals surface area contributed by atoms with Crippen molar-refractivity contribution in [2.45, 2.75) is 70.4 Å². The average Bonchev–Trinajstić information content (AvgIpc) is 3.35. The van der Waals surface area contributed by atoms with Crippen molar-refractivity contribution in [1.82, 2.24) is 10.6 Å². The summed E-state index contributed by atoms with van der Waals surface area (Å²) in [5, 5.41) is 14.7. The molecule has 0 aromatic heterocycles. The van der Waals surface area contributed by atoms with Crippen LogP contribution in [0.3, 0.4) is 0 Å². The smallest absolute Gasteiger partial charge is 0.416 e. The maximum absolute atomic E-state index is 13.6. The van der Waals surface area contributed by atoms with E-state index in [0.717, 1.165) is 0 Å². The van der Waals surface area contributed by atoms with Crippen LogP contribution in [0.4, 0.5) is 13.2 Å². The number of ether oxygens (including phenoxy) is 1. The molecule has 2 amide bonds. The fraction of sp³-hybridized carbons (Fsp3) is 0.600. The summed E-state index contributed by atoms with van der Waals surface area (Å²) in [5.41, 5.74) is 8.15. The number of alkyl halides is 3. The van der Waals surface area contributed by atoms with Crippen molar-refractivity contribution in [2.24, 2.45) is 22.8 Å². The molecule has 212 valence electrons. The molecule has 1 aliphatic heterocycles. The highest BCUT2D eigenvalue weighted by atomic mass is 19.4. The minimum Gasteiger partial charge on any atom is -0.486 e. The van der Waals surface area contributed by atoms with Gasteiger partial charge in [0.1, 0.15) is 12.4 Å². The Hall–Kier alpha value is -3.03. The van der Waals surface area contributed by atoms with Crippen LogP contribution in [0.1, 0.15) is 50.9 Å². The van der Waals surface area contributed by atoms with E-state index < -0.39 is 71.2 Å². The summed E-state index contributed by atoms with van der Waals surface area (Å²) in [6, 6.07) is 2.47. The first kappa shape index (κ1) is 31.2. The molecule has 1 aromatic carbocycles. The molecule has 13 heteroatoms. The predicted molar refractivity (Wildman–Crippen MR) is 131 cm³/mol. The van der Waals surface area contributed by atoms with Gasteiger partial charge in [0.05, 0.1) is 12.1 Å². The molecule has 1 saturated heterocycles. The number of carbonyl (C=O) groups excluding carboxylic acids is 4. The van der Waals surface area contributed by atoms with Gasteiger partial charge in [-0.25, -0.2) is 0 Å². The molecule has 1 aliphatic rings. The topological polar surface area (TPSA) is 174 Å². The number of benzene rings is 1. The Morgan fingerprint density at radius 1 is 1.16 bits per heavy atom. The lowest BCUT2D eigenvalue weighted by molar-refractivity contribution is -0.215. The normalized spacial score (nSPS) is 20.5. The van der Waals surface area contributed by atoms with Gasteiger partial charge in [-0.05, 0) is 49.6 Å². The molecular formula is C25H35F3N4O6. The minimum atomic E-state index is -4.99. The first-order chi connectivity index (χ1) is 17.4. The molecule has 4 atom stereocenters. The van der Waals surface area contributed by atoms with Gasteiger partial charge in [-0.15, -0.1) is 0 Å². The zero-order valence-electron chi connectivity index (χ0n) is 21.7. The number of nitrogens with one attached hydrogen (secondary N) is 2. The van der Waals surface area contributed by atoms with E-state index in [9.17, 15) is 37.5 Å². The van der Waals surface area contributed by atoms with Crippen molar-refractivity contribution in [1.29, 1.82) is 0 Å². The molecule has 0 saturated carbocycles. The monoisotopic (exact) mass is 544 g/mol. The number of nitrogens with two attached hydrogens (primary N) is 2. The first-order valence-corrected chi connectivity index (χ1v) is 12.1. The third kappa shape index (κ3) is 6.69. The molecule has 38 heavy (non-hydrogen) atoms. The maximum atomic E-state index is 13.6. The van der Waals surface area contributed by atoms with Crippen LogP contribution >= 0.6 is 0 Å². The largest absolute Gasteiger partial charge is 0.486 e. The van der Waals surface area contributed by atoms with Crippen molar-refractivity contribution in [3.63, 3.8) is 0 Å². The lowest BCUT2D eigenvalue weighted by Gasteiger charge is -2.37. The number of aliphatic hydroxyl groups is 1. The van der Waals surface area contributed by atoms with E-state index in [4.69, 9.17) is 16.2 Å². The Bertz CT molecular complexity index is 1040. The van der Waals surface area contributed by atoms with E-state index in [1.54, 1.807) is 0 Å². The number of amides is 2. The van der Waals surface area contributed by atoms with Crippen LogP contribution in [-0.4, -0.2) is 71.5 Å². The van der Waals surface area contributed by atoms with Crippen LogP contribution in [0.2, 0.25) is 0 Å². The van der Waals surface area contributed by atoms with Crippen molar-refractivity contribution >= 4 is 23.4 Å². The molecular weight excluding hydrogens is 509 g/mol. The zero-order chi connectivity index (χ0) is 29.1. The Labute approximate surface area is 218 Å². The molecule has 0 spiro atoms. The number of Topliss-reactive ketones (excluding diaryl/α,β-unsaturated/α-hetero) is 2.